The summed E-state index contributed by atoms with van der Waals surface area (Å²) in [6.45, 7) is 7.89. The van der Waals surface area contributed by atoms with Gasteiger partial charge in [0.05, 0.1) is 40.0 Å². The fourth-order valence-corrected chi connectivity index (χ4v) is 7.19. The predicted molar refractivity (Wildman–Crippen MR) is 192 cm³/mol. The van der Waals surface area contributed by atoms with Crippen LogP contribution in [-0.2, 0) is 0 Å². The van der Waals surface area contributed by atoms with Gasteiger partial charge in [-0.1, -0.05) is 121 Å². The molecule has 0 fully saturated rings. The van der Waals surface area contributed by atoms with Crippen LogP contribution in [0.25, 0.3) is 82.1 Å². The van der Waals surface area contributed by atoms with Crippen molar-refractivity contribution in [2.45, 2.75) is 0 Å². The molecule has 0 amide bonds. The maximum absolute atomic E-state index is 7.89. The number of para-hydroxylation sites is 6. The summed E-state index contributed by atoms with van der Waals surface area (Å²) >= 11 is 0. The lowest BCUT2D eigenvalue weighted by Crippen LogP contribution is -2.02. The van der Waals surface area contributed by atoms with Gasteiger partial charge in [-0.2, -0.15) is 0 Å². The van der Waals surface area contributed by atoms with Crippen LogP contribution in [0.5, 0.6) is 0 Å². The zero-order valence-electron chi connectivity index (χ0n) is 24.9. The minimum atomic E-state index is 0.647. The molecule has 0 aliphatic carbocycles. The first-order valence-electron chi connectivity index (χ1n) is 15.5. The number of aromatic nitrogens is 2. The quantitative estimate of drug-likeness (QED) is 0.182. The van der Waals surface area contributed by atoms with Gasteiger partial charge in [-0.3, -0.25) is 0 Å². The molecule has 2 aromatic heterocycles. The van der Waals surface area contributed by atoms with Gasteiger partial charge < -0.3 is 9.13 Å². The molecule has 2 heterocycles. The third kappa shape index (κ3) is 3.84. The van der Waals surface area contributed by atoms with Gasteiger partial charge in [0.1, 0.15) is 0 Å². The Bertz CT molecular complexity index is 2560. The van der Waals surface area contributed by atoms with Crippen molar-refractivity contribution >= 4 is 49.3 Å². The summed E-state index contributed by atoms with van der Waals surface area (Å²) in [7, 11) is 0. The van der Waals surface area contributed by atoms with Gasteiger partial charge in [0.15, 0.2) is 5.69 Å². The molecule has 0 saturated heterocycles. The second kappa shape index (κ2) is 10.4. The Morgan fingerprint density at radius 1 is 0.370 bits per heavy atom. The van der Waals surface area contributed by atoms with Crippen molar-refractivity contribution in [1.82, 2.24) is 9.13 Å². The van der Waals surface area contributed by atoms with E-state index >= 15 is 0 Å². The third-order valence-corrected chi connectivity index (χ3v) is 9.17. The van der Waals surface area contributed by atoms with Crippen LogP contribution in [0.2, 0.25) is 0 Å². The first-order chi connectivity index (χ1) is 22.8. The fraction of sp³-hybridized carbons (Fsp3) is 0. The number of hydrogen-bond donors (Lipinski definition) is 0. The van der Waals surface area contributed by atoms with E-state index in [1.165, 1.54) is 32.6 Å². The molecule has 3 heteroatoms. The molecule has 0 saturated carbocycles. The van der Waals surface area contributed by atoms with Crippen molar-refractivity contribution in [2.24, 2.45) is 0 Å². The van der Waals surface area contributed by atoms with Crippen molar-refractivity contribution in [3.8, 4) is 33.6 Å². The summed E-state index contributed by atoms with van der Waals surface area (Å²) in [5.41, 5.74) is 11.7. The van der Waals surface area contributed by atoms with E-state index in [-0.39, 0.29) is 0 Å². The van der Waals surface area contributed by atoms with Crippen molar-refractivity contribution in [2.75, 3.05) is 0 Å². The van der Waals surface area contributed by atoms with Crippen LogP contribution in [0, 0.1) is 6.57 Å². The molecule has 0 N–H and O–H groups in total. The molecule has 7 aromatic carbocycles. The maximum Gasteiger partial charge on any atom is 0.194 e. The SMILES string of the molecule is [C-]#[N+]c1ccccc1-c1ccc(-n2c3ccccc3c3ccccc32)c(-c2ccccc2-n2c3ccccc3c3ccccc32)c1. The standard InChI is InChI=1S/C43H27N3/c1-44-37-20-8-2-14-30(37)29-26-27-43(46-40-23-11-5-17-33(40)34-18-6-12-24-41(34)46)36(28-29)35-19-7-13-25-42(35)45-38-21-9-3-15-31(38)32-16-4-10-22-39(32)45/h2-28H. The van der Waals surface area contributed by atoms with Gasteiger partial charge in [-0.15, -0.1) is 0 Å². The van der Waals surface area contributed by atoms with Crippen LogP contribution in [0.1, 0.15) is 0 Å². The lowest BCUT2D eigenvalue weighted by molar-refractivity contribution is 1.16. The van der Waals surface area contributed by atoms with E-state index in [1.807, 2.05) is 24.3 Å². The van der Waals surface area contributed by atoms with Crippen molar-refractivity contribution in [3.63, 3.8) is 0 Å². The Kier molecular flexibility index (Phi) is 5.88. The van der Waals surface area contributed by atoms with Gasteiger partial charge >= 0.3 is 0 Å². The highest BCUT2D eigenvalue weighted by atomic mass is 15.0. The summed E-state index contributed by atoms with van der Waals surface area (Å²) < 4.78 is 4.79. The fourth-order valence-electron chi connectivity index (χ4n) is 7.19. The Hall–Kier alpha value is -6.37. The molecule has 0 spiro atoms. The van der Waals surface area contributed by atoms with Crippen LogP contribution < -0.4 is 0 Å². The number of fused-ring (bicyclic) bond motifs is 6. The third-order valence-electron chi connectivity index (χ3n) is 9.17. The normalized spacial score (nSPS) is 11.5. The molecule has 9 rings (SSSR count). The first kappa shape index (κ1) is 26.1. The molecule has 3 nitrogen and oxygen atoms in total. The van der Waals surface area contributed by atoms with Gasteiger partial charge in [0.2, 0.25) is 0 Å². The molecule has 0 aliphatic heterocycles. The maximum atomic E-state index is 7.89. The van der Waals surface area contributed by atoms with E-state index in [0.29, 0.717) is 5.69 Å². The van der Waals surface area contributed by atoms with Crippen LogP contribution in [0.3, 0.4) is 0 Å². The van der Waals surface area contributed by atoms with Gasteiger partial charge in [-0.05, 0) is 53.6 Å². The van der Waals surface area contributed by atoms with E-state index < -0.39 is 0 Å². The molecule has 214 valence electrons. The number of benzene rings is 7. The van der Waals surface area contributed by atoms with E-state index in [2.05, 4.69) is 154 Å². The zero-order chi connectivity index (χ0) is 30.6. The molecule has 0 radical (unpaired) electrons. The van der Waals surface area contributed by atoms with Crippen LogP contribution in [0.4, 0.5) is 5.69 Å². The van der Waals surface area contributed by atoms with E-state index in [1.54, 1.807) is 0 Å². The number of nitrogens with zero attached hydrogens (tertiary/aromatic N) is 3. The van der Waals surface area contributed by atoms with Crippen LogP contribution >= 0.6 is 0 Å². The van der Waals surface area contributed by atoms with Crippen LogP contribution in [-0.4, -0.2) is 9.13 Å². The highest BCUT2D eigenvalue weighted by Crippen LogP contribution is 2.43. The largest absolute Gasteiger partial charge is 0.309 e. The molecule has 9 aromatic rings. The van der Waals surface area contributed by atoms with E-state index in [0.717, 1.165) is 44.7 Å². The highest BCUT2D eigenvalue weighted by Gasteiger charge is 2.20. The Morgan fingerprint density at radius 3 is 1.30 bits per heavy atom. The molecule has 0 unspecified atom stereocenters. The van der Waals surface area contributed by atoms with Crippen LogP contribution in [0.15, 0.2) is 164 Å². The predicted octanol–water partition coefficient (Wildman–Crippen LogP) is 11.8. The van der Waals surface area contributed by atoms with E-state index in [4.69, 9.17) is 6.57 Å². The Balaban J connectivity index is 1.41. The lowest BCUT2D eigenvalue weighted by atomic mass is 9.95. The minimum absolute atomic E-state index is 0.647. The second-order valence-corrected chi connectivity index (χ2v) is 11.6. The van der Waals surface area contributed by atoms with Crippen molar-refractivity contribution in [1.29, 1.82) is 0 Å². The lowest BCUT2D eigenvalue weighted by Gasteiger charge is -2.20. The highest BCUT2D eigenvalue weighted by molar-refractivity contribution is 6.11. The molecule has 0 aliphatic rings. The number of hydrogen-bond acceptors (Lipinski definition) is 0. The van der Waals surface area contributed by atoms with Gasteiger partial charge in [0.25, 0.3) is 0 Å². The zero-order valence-corrected chi connectivity index (χ0v) is 24.9. The topological polar surface area (TPSA) is 14.2 Å². The van der Waals surface area contributed by atoms with Gasteiger partial charge in [-0.25, -0.2) is 4.85 Å². The second-order valence-electron chi connectivity index (χ2n) is 11.6. The average molecular weight is 586 g/mol. The summed E-state index contributed by atoms with van der Waals surface area (Å²) in [6.07, 6.45) is 0. The summed E-state index contributed by atoms with van der Waals surface area (Å²) in [6, 6.07) is 57.9. The first-order valence-corrected chi connectivity index (χ1v) is 15.5. The van der Waals surface area contributed by atoms with Crippen molar-refractivity contribution < 1.29 is 0 Å². The summed E-state index contributed by atoms with van der Waals surface area (Å²) in [5.74, 6) is 0. The minimum Gasteiger partial charge on any atom is -0.309 e. The Morgan fingerprint density at radius 2 is 0.783 bits per heavy atom. The van der Waals surface area contributed by atoms with Gasteiger partial charge in [0, 0.05) is 32.7 Å². The molecular formula is C43H27N3. The van der Waals surface area contributed by atoms with Crippen molar-refractivity contribution in [3.05, 3.63) is 175 Å². The summed E-state index contributed by atoms with van der Waals surface area (Å²) in [5, 5.41) is 4.91. The smallest absolute Gasteiger partial charge is 0.194 e. The molecular weight excluding hydrogens is 558 g/mol. The molecule has 0 atom stereocenters. The summed E-state index contributed by atoms with van der Waals surface area (Å²) in [4.78, 5) is 3.87. The monoisotopic (exact) mass is 585 g/mol. The van der Waals surface area contributed by atoms with E-state index in [9.17, 15) is 0 Å². The number of rotatable bonds is 4. The molecule has 0 bridgehead atoms. The Labute approximate surface area is 266 Å². The molecule has 46 heavy (non-hydrogen) atoms. The average Bonchev–Trinajstić information content (AvgIpc) is 3.64.